The van der Waals surface area contributed by atoms with Gasteiger partial charge >= 0.3 is 0 Å². The Morgan fingerprint density at radius 2 is 2.25 bits per heavy atom. The van der Waals surface area contributed by atoms with Crippen LogP contribution in [-0.2, 0) is 11.3 Å². The molecule has 0 atom stereocenters. The second kappa shape index (κ2) is 9.66. The van der Waals surface area contributed by atoms with E-state index in [0.717, 1.165) is 26.2 Å². The molecule has 0 aliphatic carbocycles. The van der Waals surface area contributed by atoms with Gasteiger partial charge in [-0.25, -0.2) is 4.99 Å². The van der Waals surface area contributed by atoms with Crippen LogP contribution >= 0.6 is 11.8 Å². The monoisotopic (exact) mass is 295 g/mol. The van der Waals surface area contributed by atoms with Gasteiger partial charge in [-0.2, -0.15) is 0 Å². The van der Waals surface area contributed by atoms with Gasteiger partial charge in [0.05, 0.1) is 6.54 Å². The van der Waals surface area contributed by atoms with Gasteiger partial charge in [-0.1, -0.05) is 12.1 Å². The third-order valence-electron chi connectivity index (χ3n) is 2.84. The highest BCUT2D eigenvalue weighted by Gasteiger charge is 2.01. The number of hydrogen-bond donors (Lipinski definition) is 2. The van der Waals surface area contributed by atoms with Crippen molar-refractivity contribution in [2.24, 2.45) is 10.7 Å². The minimum atomic E-state index is 0.495. The third kappa shape index (κ3) is 6.30. The minimum Gasteiger partial charge on any atom is -0.382 e. The lowest BCUT2D eigenvalue weighted by atomic mass is 10.1. The summed E-state index contributed by atoms with van der Waals surface area (Å²) in [6.07, 6.45) is 3.02. The number of aliphatic imine (C=N–C) groups is 1. The first-order valence-corrected chi connectivity index (χ1v) is 8.15. The molecule has 0 radical (unpaired) electrons. The Bertz CT molecular complexity index is 435. The van der Waals surface area contributed by atoms with E-state index < -0.39 is 0 Å². The highest BCUT2D eigenvalue weighted by atomic mass is 32.2. The molecule has 3 N–H and O–H groups in total. The average Bonchev–Trinajstić information content (AvgIpc) is 2.45. The molecule has 5 heteroatoms. The van der Waals surface area contributed by atoms with Crippen LogP contribution in [0.3, 0.4) is 0 Å². The van der Waals surface area contributed by atoms with Crippen molar-refractivity contribution in [1.82, 2.24) is 5.32 Å². The second-order valence-electron chi connectivity index (χ2n) is 4.49. The van der Waals surface area contributed by atoms with Crippen molar-refractivity contribution < 1.29 is 4.74 Å². The summed E-state index contributed by atoms with van der Waals surface area (Å²) in [6.45, 7) is 7.01. The van der Waals surface area contributed by atoms with E-state index in [9.17, 15) is 0 Å². The largest absolute Gasteiger partial charge is 0.382 e. The Labute approximate surface area is 126 Å². The van der Waals surface area contributed by atoms with Crippen LogP contribution in [0, 0.1) is 6.92 Å². The fraction of sp³-hybridized carbons (Fsp3) is 0.533. The van der Waals surface area contributed by atoms with Crippen molar-refractivity contribution in [3.63, 3.8) is 0 Å². The number of nitrogens with one attached hydrogen (secondary N) is 1. The lowest BCUT2D eigenvalue weighted by Crippen LogP contribution is -2.32. The SMILES string of the molecule is CCOCCCNC(N)=NCc1ccc(C)cc1SC. The summed E-state index contributed by atoms with van der Waals surface area (Å²) < 4.78 is 5.26. The van der Waals surface area contributed by atoms with Crippen LogP contribution in [0.25, 0.3) is 0 Å². The quantitative estimate of drug-likeness (QED) is 0.335. The Morgan fingerprint density at radius 1 is 1.45 bits per heavy atom. The molecule has 112 valence electrons. The van der Waals surface area contributed by atoms with E-state index in [-0.39, 0.29) is 0 Å². The summed E-state index contributed by atoms with van der Waals surface area (Å²) in [5.74, 6) is 0.495. The molecule has 20 heavy (non-hydrogen) atoms. The fourth-order valence-corrected chi connectivity index (χ4v) is 2.44. The first-order chi connectivity index (χ1) is 9.67. The van der Waals surface area contributed by atoms with Gasteiger partial charge in [-0.05, 0) is 43.7 Å². The number of aryl methyl sites for hydroxylation is 1. The Balaban J connectivity index is 2.42. The summed E-state index contributed by atoms with van der Waals surface area (Å²) in [6, 6.07) is 6.41. The Hall–Kier alpha value is -1.20. The molecule has 1 aromatic carbocycles. The number of nitrogens with two attached hydrogens (primary N) is 1. The number of nitrogens with zero attached hydrogens (tertiary/aromatic N) is 1. The zero-order valence-electron chi connectivity index (χ0n) is 12.6. The van der Waals surface area contributed by atoms with E-state index in [4.69, 9.17) is 10.5 Å². The zero-order chi connectivity index (χ0) is 14.8. The number of ether oxygens (including phenoxy) is 1. The van der Waals surface area contributed by atoms with Crippen molar-refractivity contribution >= 4 is 17.7 Å². The summed E-state index contributed by atoms with van der Waals surface area (Å²) in [5, 5.41) is 3.10. The Morgan fingerprint density at radius 3 is 2.95 bits per heavy atom. The van der Waals surface area contributed by atoms with Crippen LogP contribution < -0.4 is 11.1 Å². The molecule has 0 saturated carbocycles. The van der Waals surface area contributed by atoms with Crippen molar-refractivity contribution in [3.05, 3.63) is 29.3 Å². The summed E-state index contributed by atoms with van der Waals surface area (Å²) in [5.41, 5.74) is 8.33. The van der Waals surface area contributed by atoms with Crippen molar-refractivity contribution in [3.8, 4) is 0 Å². The Kier molecular flexibility index (Phi) is 8.14. The number of hydrogen-bond acceptors (Lipinski definition) is 3. The van der Waals surface area contributed by atoms with Gasteiger partial charge in [0, 0.05) is 24.7 Å². The number of thioether (sulfide) groups is 1. The van der Waals surface area contributed by atoms with Crippen LogP contribution in [-0.4, -0.2) is 32.0 Å². The molecule has 1 aromatic rings. The van der Waals surface area contributed by atoms with E-state index in [1.165, 1.54) is 16.0 Å². The average molecular weight is 295 g/mol. The summed E-state index contributed by atoms with van der Waals surface area (Å²) in [7, 11) is 0. The summed E-state index contributed by atoms with van der Waals surface area (Å²) in [4.78, 5) is 5.64. The minimum absolute atomic E-state index is 0.495. The van der Waals surface area contributed by atoms with Gasteiger partial charge in [0.25, 0.3) is 0 Å². The fourth-order valence-electron chi connectivity index (χ4n) is 1.74. The first-order valence-electron chi connectivity index (χ1n) is 6.92. The molecule has 0 aliphatic heterocycles. The smallest absolute Gasteiger partial charge is 0.188 e. The maximum atomic E-state index is 5.85. The molecule has 0 aliphatic rings. The van der Waals surface area contributed by atoms with Gasteiger partial charge in [0.2, 0.25) is 0 Å². The number of benzene rings is 1. The number of guanidine groups is 1. The van der Waals surface area contributed by atoms with Crippen molar-refractivity contribution in [1.29, 1.82) is 0 Å². The number of rotatable bonds is 8. The molecule has 0 heterocycles. The molecule has 0 unspecified atom stereocenters. The molecule has 4 nitrogen and oxygen atoms in total. The predicted octanol–water partition coefficient (Wildman–Crippen LogP) is 2.55. The van der Waals surface area contributed by atoms with Crippen molar-refractivity contribution in [2.75, 3.05) is 26.0 Å². The molecular weight excluding hydrogens is 270 g/mol. The van der Waals surface area contributed by atoms with Crippen molar-refractivity contribution in [2.45, 2.75) is 31.7 Å². The molecule has 0 spiro atoms. The molecule has 0 aromatic heterocycles. The highest BCUT2D eigenvalue weighted by molar-refractivity contribution is 7.98. The zero-order valence-corrected chi connectivity index (χ0v) is 13.4. The molecule has 0 fully saturated rings. The van der Waals surface area contributed by atoms with Gasteiger partial charge < -0.3 is 15.8 Å². The summed E-state index contributed by atoms with van der Waals surface area (Å²) >= 11 is 1.74. The van der Waals surface area contributed by atoms with Crippen LogP contribution in [0.5, 0.6) is 0 Å². The van der Waals surface area contributed by atoms with E-state index in [0.29, 0.717) is 12.5 Å². The maximum absolute atomic E-state index is 5.85. The van der Waals surface area contributed by atoms with Gasteiger partial charge in [0.15, 0.2) is 5.96 Å². The molecule has 1 rings (SSSR count). The van der Waals surface area contributed by atoms with Crippen LogP contribution in [0.15, 0.2) is 28.1 Å². The van der Waals surface area contributed by atoms with E-state index >= 15 is 0 Å². The lowest BCUT2D eigenvalue weighted by Gasteiger charge is -2.08. The lowest BCUT2D eigenvalue weighted by molar-refractivity contribution is 0.145. The van der Waals surface area contributed by atoms with Crippen LogP contribution in [0.4, 0.5) is 0 Å². The normalized spacial score (nSPS) is 11.7. The first kappa shape index (κ1) is 16.9. The highest BCUT2D eigenvalue weighted by Crippen LogP contribution is 2.22. The molecule has 0 bridgehead atoms. The predicted molar refractivity (Wildman–Crippen MR) is 87.4 cm³/mol. The van der Waals surface area contributed by atoms with Crippen LogP contribution in [0.2, 0.25) is 0 Å². The van der Waals surface area contributed by atoms with Gasteiger partial charge in [-0.3, -0.25) is 0 Å². The van der Waals surface area contributed by atoms with E-state index in [1.807, 2.05) is 6.92 Å². The van der Waals surface area contributed by atoms with Gasteiger partial charge in [-0.15, -0.1) is 11.8 Å². The molecular formula is C15H25N3OS. The van der Waals surface area contributed by atoms with Gasteiger partial charge in [0.1, 0.15) is 0 Å². The maximum Gasteiger partial charge on any atom is 0.188 e. The van der Waals surface area contributed by atoms with E-state index in [2.05, 4.69) is 41.7 Å². The third-order valence-corrected chi connectivity index (χ3v) is 3.66. The standard InChI is InChI=1S/C15H25N3OS/c1-4-19-9-5-8-17-15(16)18-11-13-7-6-12(2)10-14(13)20-3/h6-7,10H,4-5,8-9,11H2,1-3H3,(H3,16,17,18). The topological polar surface area (TPSA) is 59.6 Å². The molecule has 0 amide bonds. The van der Waals surface area contributed by atoms with Crippen LogP contribution in [0.1, 0.15) is 24.5 Å². The second-order valence-corrected chi connectivity index (χ2v) is 5.34. The van der Waals surface area contributed by atoms with E-state index in [1.54, 1.807) is 11.8 Å². The molecule has 0 saturated heterocycles.